The summed E-state index contributed by atoms with van der Waals surface area (Å²) in [7, 11) is 0. The zero-order chi connectivity index (χ0) is 13.1. The maximum Gasteiger partial charge on any atom is 0.416 e. The molecule has 0 aliphatic rings. The van der Waals surface area contributed by atoms with E-state index in [4.69, 9.17) is 16.1 Å². The summed E-state index contributed by atoms with van der Waals surface area (Å²) in [5, 5.41) is 19.8. The Morgan fingerprint density at radius 1 is 1.47 bits per heavy atom. The number of aliphatic hydroxyl groups is 1. The number of hydrogen-bond acceptors (Lipinski definition) is 4. The minimum atomic E-state index is -4.67. The summed E-state index contributed by atoms with van der Waals surface area (Å²) in [6, 6.07) is 5.96. The number of benzene rings is 1. The Balaban J connectivity index is 2.68. The van der Waals surface area contributed by atoms with Gasteiger partial charge in [-0.3, -0.25) is 0 Å². The predicted molar refractivity (Wildman–Crippen MR) is 56.1 cm³/mol. The maximum absolute atomic E-state index is 12.0. The average Bonchev–Trinajstić information content (AvgIpc) is 2.26. The highest BCUT2D eigenvalue weighted by Crippen LogP contribution is 2.21. The van der Waals surface area contributed by atoms with E-state index in [1.807, 2.05) is 0 Å². The van der Waals surface area contributed by atoms with Crippen molar-refractivity contribution in [2.45, 2.75) is 12.3 Å². The van der Waals surface area contributed by atoms with Gasteiger partial charge in [-0.2, -0.15) is 18.4 Å². The molecule has 0 aliphatic heterocycles. The van der Waals surface area contributed by atoms with Crippen molar-refractivity contribution in [2.75, 3.05) is 17.6 Å². The molecule has 1 unspecified atom stereocenters. The number of anilines is 2. The number of nitrogens with two attached hydrogens (primary N) is 1. The van der Waals surface area contributed by atoms with Gasteiger partial charge in [0.1, 0.15) is 6.07 Å². The summed E-state index contributed by atoms with van der Waals surface area (Å²) >= 11 is 0. The number of nitrogens with zero attached hydrogens (tertiary/aromatic N) is 1. The molecule has 4 N–H and O–H groups in total. The number of alkyl halides is 3. The molecular formula is C10H10F3N3O. The molecule has 0 aromatic heterocycles. The van der Waals surface area contributed by atoms with Crippen LogP contribution in [0.3, 0.4) is 0 Å². The van der Waals surface area contributed by atoms with Crippen molar-refractivity contribution in [3.8, 4) is 6.07 Å². The topological polar surface area (TPSA) is 82.1 Å². The molecule has 0 radical (unpaired) electrons. The summed E-state index contributed by atoms with van der Waals surface area (Å²) in [4.78, 5) is 0. The van der Waals surface area contributed by atoms with Crippen LogP contribution in [0.5, 0.6) is 0 Å². The second-order valence-electron chi connectivity index (χ2n) is 3.35. The molecule has 0 saturated carbocycles. The average molecular weight is 245 g/mol. The summed E-state index contributed by atoms with van der Waals surface area (Å²) < 4.78 is 36.0. The van der Waals surface area contributed by atoms with Crippen LogP contribution in [-0.2, 0) is 0 Å². The SMILES string of the molecule is N#Cc1cc(NCC(O)C(F)(F)F)ccc1N. The Labute approximate surface area is 95.5 Å². The largest absolute Gasteiger partial charge is 0.416 e. The van der Waals surface area contributed by atoms with Crippen LogP contribution in [0.25, 0.3) is 0 Å². The van der Waals surface area contributed by atoms with E-state index in [0.717, 1.165) is 0 Å². The molecule has 1 aromatic carbocycles. The van der Waals surface area contributed by atoms with Gasteiger partial charge in [0, 0.05) is 17.9 Å². The highest BCUT2D eigenvalue weighted by atomic mass is 19.4. The van der Waals surface area contributed by atoms with Gasteiger partial charge in [-0.25, -0.2) is 0 Å². The monoisotopic (exact) mass is 245 g/mol. The zero-order valence-corrected chi connectivity index (χ0v) is 8.62. The number of nitriles is 1. The molecule has 4 nitrogen and oxygen atoms in total. The summed E-state index contributed by atoms with van der Waals surface area (Å²) in [5.74, 6) is 0. The van der Waals surface area contributed by atoms with Gasteiger partial charge < -0.3 is 16.2 Å². The third-order valence-electron chi connectivity index (χ3n) is 2.05. The molecule has 1 aromatic rings. The minimum absolute atomic E-state index is 0.163. The van der Waals surface area contributed by atoms with Crippen LogP contribution in [-0.4, -0.2) is 23.9 Å². The van der Waals surface area contributed by atoms with Gasteiger partial charge in [0.2, 0.25) is 0 Å². The Bertz CT molecular complexity index is 439. The van der Waals surface area contributed by atoms with Crippen molar-refractivity contribution >= 4 is 11.4 Å². The van der Waals surface area contributed by atoms with Crippen molar-refractivity contribution in [1.82, 2.24) is 0 Å². The van der Waals surface area contributed by atoms with Crippen molar-refractivity contribution in [1.29, 1.82) is 5.26 Å². The number of rotatable bonds is 3. The first-order valence-corrected chi connectivity index (χ1v) is 4.63. The van der Waals surface area contributed by atoms with E-state index in [1.165, 1.54) is 18.2 Å². The third-order valence-corrected chi connectivity index (χ3v) is 2.05. The molecule has 92 valence electrons. The molecule has 0 fully saturated rings. The van der Waals surface area contributed by atoms with Crippen LogP contribution in [0.1, 0.15) is 5.56 Å². The molecule has 0 aliphatic carbocycles. The number of aliphatic hydroxyl groups excluding tert-OH is 1. The fraction of sp³-hybridized carbons (Fsp3) is 0.300. The molecular weight excluding hydrogens is 235 g/mol. The number of halogens is 3. The van der Waals surface area contributed by atoms with Gasteiger partial charge in [-0.15, -0.1) is 0 Å². The molecule has 0 heterocycles. The smallest absolute Gasteiger partial charge is 0.398 e. The fourth-order valence-corrected chi connectivity index (χ4v) is 1.09. The lowest BCUT2D eigenvalue weighted by atomic mass is 10.1. The van der Waals surface area contributed by atoms with E-state index in [9.17, 15) is 13.2 Å². The quantitative estimate of drug-likeness (QED) is 0.704. The first kappa shape index (κ1) is 13.1. The maximum atomic E-state index is 12.0. The van der Waals surface area contributed by atoms with Gasteiger partial charge in [0.05, 0.1) is 5.56 Å². The van der Waals surface area contributed by atoms with Crippen LogP contribution in [0.15, 0.2) is 18.2 Å². The van der Waals surface area contributed by atoms with E-state index in [1.54, 1.807) is 6.07 Å². The summed E-state index contributed by atoms with van der Waals surface area (Å²) in [6.45, 7) is -0.682. The Morgan fingerprint density at radius 3 is 2.65 bits per heavy atom. The summed E-state index contributed by atoms with van der Waals surface area (Å²) in [6.07, 6.45) is -7.12. The Hall–Kier alpha value is -1.94. The lowest BCUT2D eigenvalue weighted by Crippen LogP contribution is -2.35. The van der Waals surface area contributed by atoms with Gasteiger partial charge in [0.15, 0.2) is 6.10 Å². The van der Waals surface area contributed by atoms with E-state index in [2.05, 4.69) is 5.32 Å². The standard InChI is InChI=1S/C10H10F3N3O/c11-10(12,13)9(17)5-16-7-1-2-8(15)6(3-7)4-14/h1-3,9,16-17H,5,15H2. The highest BCUT2D eigenvalue weighted by Gasteiger charge is 2.37. The molecule has 0 saturated heterocycles. The van der Waals surface area contributed by atoms with Gasteiger partial charge >= 0.3 is 6.18 Å². The predicted octanol–water partition coefficient (Wildman–Crippen LogP) is 1.48. The molecule has 1 atom stereocenters. The highest BCUT2D eigenvalue weighted by molar-refractivity contribution is 5.61. The van der Waals surface area contributed by atoms with Crippen molar-refractivity contribution in [2.24, 2.45) is 0 Å². The van der Waals surface area contributed by atoms with Crippen LogP contribution in [0, 0.1) is 11.3 Å². The van der Waals surface area contributed by atoms with E-state index in [0.29, 0.717) is 5.69 Å². The van der Waals surface area contributed by atoms with Gasteiger partial charge in [-0.1, -0.05) is 0 Å². The van der Waals surface area contributed by atoms with Crippen LogP contribution in [0.2, 0.25) is 0 Å². The lowest BCUT2D eigenvalue weighted by molar-refractivity contribution is -0.198. The van der Waals surface area contributed by atoms with E-state index in [-0.39, 0.29) is 11.3 Å². The molecule has 0 spiro atoms. The van der Waals surface area contributed by atoms with Crippen LogP contribution in [0.4, 0.5) is 24.5 Å². The molecule has 0 amide bonds. The number of nitrogen functional groups attached to an aromatic ring is 1. The van der Waals surface area contributed by atoms with Gasteiger partial charge in [-0.05, 0) is 18.2 Å². The number of nitrogens with one attached hydrogen (secondary N) is 1. The first-order valence-electron chi connectivity index (χ1n) is 4.63. The van der Waals surface area contributed by atoms with Crippen molar-refractivity contribution in [3.05, 3.63) is 23.8 Å². The van der Waals surface area contributed by atoms with Crippen LogP contribution < -0.4 is 11.1 Å². The fourth-order valence-electron chi connectivity index (χ4n) is 1.09. The van der Waals surface area contributed by atoms with Crippen molar-refractivity contribution < 1.29 is 18.3 Å². The zero-order valence-electron chi connectivity index (χ0n) is 8.62. The molecule has 0 bridgehead atoms. The first-order chi connectivity index (χ1) is 7.84. The normalized spacial score (nSPS) is 12.9. The lowest BCUT2D eigenvalue weighted by Gasteiger charge is -2.16. The van der Waals surface area contributed by atoms with Gasteiger partial charge in [0.25, 0.3) is 0 Å². The number of hydrogen-bond donors (Lipinski definition) is 3. The van der Waals surface area contributed by atoms with E-state index < -0.39 is 18.8 Å². The third kappa shape index (κ3) is 3.53. The van der Waals surface area contributed by atoms with Crippen molar-refractivity contribution in [3.63, 3.8) is 0 Å². The molecule has 17 heavy (non-hydrogen) atoms. The second kappa shape index (κ2) is 4.93. The van der Waals surface area contributed by atoms with E-state index >= 15 is 0 Å². The summed E-state index contributed by atoms with van der Waals surface area (Å²) in [5.41, 5.74) is 6.14. The molecule has 7 heteroatoms. The Kier molecular flexibility index (Phi) is 3.81. The second-order valence-corrected chi connectivity index (χ2v) is 3.35. The molecule has 1 rings (SSSR count). The minimum Gasteiger partial charge on any atom is -0.398 e. The van der Waals surface area contributed by atoms with Crippen LogP contribution >= 0.6 is 0 Å². The Morgan fingerprint density at radius 2 is 2.12 bits per heavy atom.